The van der Waals surface area contributed by atoms with Gasteiger partial charge in [0.15, 0.2) is 9.84 Å². The van der Waals surface area contributed by atoms with Crippen LogP contribution in [0.4, 0.5) is 10.1 Å². The van der Waals surface area contributed by atoms with E-state index in [4.69, 9.17) is 0 Å². The van der Waals surface area contributed by atoms with Crippen LogP contribution in [0, 0.1) is 5.82 Å². The van der Waals surface area contributed by atoms with Crippen LogP contribution < -0.4 is 5.32 Å². The van der Waals surface area contributed by atoms with Crippen LogP contribution in [-0.4, -0.2) is 30.5 Å². The largest absolute Gasteiger partial charge is 0.321 e. The predicted molar refractivity (Wildman–Crippen MR) is 78.9 cm³/mol. The van der Waals surface area contributed by atoms with Gasteiger partial charge in [0.25, 0.3) is 5.91 Å². The SMILES string of the molecule is CCc1ncc(C(=O)Nc2ccc(F)cc2S(C)(=O)=O)cn1. The summed E-state index contributed by atoms with van der Waals surface area (Å²) in [7, 11) is -3.68. The molecule has 1 aromatic heterocycles. The van der Waals surface area contributed by atoms with Gasteiger partial charge in [-0.15, -0.1) is 0 Å². The van der Waals surface area contributed by atoms with Crippen LogP contribution >= 0.6 is 0 Å². The minimum atomic E-state index is -3.68. The van der Waals surface area contributed by atoms with E-state index in [1.165, 1.54) is 18.5 Å². The summed E-state index contributed by atoms with van der Waals surface area (Å²) >= 11 is 0. The fourth-order valence-corrected chi connectivity index (χ4v) is 2.60. The lowest BCUT2D eigenvalue weighted by Gasteiger charge is -2.10. The van der Waals surface area contributed by atoms with Gasteiger partial charge < -0.3 is 5.32 Å². The number of carbonyl (C=O) groups excluding carboxylic acids is 1. The predicted octanol–water partition coefficient (Wildman–Crippen LogP) is 1.83. The first-order valence-corrected chi connectivity index (χ1v) is 8.32. The molecule has 0 spiro atoms. The first-order valence-electron chi connectivity index (χ1n) is 6.43. The Hall–Kier alpha value is -2.35. The number of hydrogen-bond acceptors (Lipinski definition) is 5. The van der Waals surface area contributed by atoms with Crippen LogP contribution in [0.3, 0.4) is 0 Å². The average molecular weight is 323 g/mol. The molecule has 0 unspecified atom stereocenters. The lowest BCUT2D eigenvalue weighted by Crippen LogP contribution is -2.15. The van der Waals surface area contributed by atoms with Gasteiger partial charge in [0.2, 0.25) is 0 Å². The van der Waals surface area contributed by atoms with E-state index in [2.05, 4.69) is 15.3 Å². The number of sulfone groups is 1. The second-order valence-electron chi connectivity index (χ2n) is 4.61. The third-order valence-electron chi connectivity index (χ3n) is 2.88. The molecule has 0 saturated carbocycles. The van der Waals surface area contributed by atoms with Gasteiger partial charge in [0, 0.05) is 25.1 Å². The summed E-state index contributed by atoms with van der Waals surface area (Å²) in [5.41, 5.74) is 0.189. The van der Waals surface area contributed by atoms with E-state index < -0.39 is 21.6 Å². The molecule has 0 radical (unpaired) electrons. The highest BCUT2D eigenvalue weighted by molar-refractivity contribution is 7.90. The molecule has 1 amide bonds. The number of aromatic nitrogens is 2. The zero-order valence-corrected chi connectivity index (χ0v) is 12.8. The molecule has 0 aliphatic rings. The molecule has 0 atom stereocenters. The number of aryl methyl sites for hydroxylation is 1. The van der Waals surface area contributed by atoms with Gasteiger partial charge >= 0.3 is 0 Å². The van der Waals surface area contributed by atoms with Crippen LogP contribution in [0.25, 0.3) is 0 Å². The first kappa shape index (κ1) is 16.0. The molecule has 0 saturated heterocycles. The van der Waals surface area contributed by atoms with E-state index >= 15 is 0 Å². The van der Waals surface area contributed by atoms with Crippen LogP contribution in [-0.2, 0) is 16.3 Å². The minimum absolute atomic E-state index is 0.00784. The Kier molecular flexibility index (Phi) is 4.51. The standard InChI is InChI=1S/C14H14FN3O3S/c1-3-13-16-7-9(8-17-13)14(19)18-11-5-4-10(15)6-12(11)22(2,20)21/h4-8H,3H2,1-2H3,(H,18,19). The second kappa shape index (κ2) is 6.18. The summed E-state index contributed by atoms with van der Waals surface area (Å²) in [6.45, 7) is 1.88. The van der Waals surface area contributed by atoms with Crippen molar-refractivity contribution < 1.29 is 17.6 Å². The molecule has 1 heterocycles. The maximum Gasteiger partial charge on any atom is 0.258 e. The van der Waals surface area contributed by atoms with Crippen molar-refractivity contribution >= 4 is 21.4 Å². The van der Waals surface area contributed by atoms with E-state index in [0.717, 1.165) is 18.4 Å². The van der Waals surface area contributed by atoms with Crippen molar-refractivity contribution in [1.82, 2.24) is 9.97 Å². The van der Waals surface area contributed by atoms with E-state index in [1.807, 2.05) is 6.92 Å². The number of anilines is 1. The zero-order chi connectivity index (χ0) is 16.3. The Balaban J connectivity index is 2.32. The number of rotatable bonds is 4. The van der Waals surface area contributed by atoms with Gasteiger partial charge in [0.05, 0.1) is 16.1 Å². The van der Waals surface area contributed by atoms with Crippen LogP contribution in [0.5, 0.6) is 0 Å². The highest BCUT2D eigenvalue weighted by Gasteiger charge is 2.17. The topological polar surface area (TPSA) is 89.0 Å². The summed E-state index contributed by atoms with van der Waals surface area (Å²) in [5, 5.41) is 2.43. The van der Waals surface area contributed by atoms with Crippen molar-refractivity contribution in [2.24, 2.45) is 0 Å². The Bertz CT molecular complexity index is 805. The van der Waals surface area contributed by atoms with Crippen LogP contribution in [0.15, 0.2) is 35.5 Å². The molecule has 2 rings (SSSR count). The van der Waals surface area contributed by atoms with Gasteiger partial charge in [-0.05, 0) is 18.2 Å². The Labute approximate surface area is 127 Å². The molecule has 22 heavy (non-hydrogen) atoms. The molecule has 0 fully saturated rings. The maximum atomic E-state index is 13.2. The number of nitrogens with zero attached hydrogens (tertiary/aromatic N) is 2. The molecular formula is C14H14FN3O3S. The number of nitrogens with one attached hydrogen (secondary N) is 1. The first-order chi connectivity index (χ1) is 10.3. The Morgan fingerprint density at radius 2 is 1.91 bits per heavy atom. The maximum absolute atomic E-state index is 13.2. The fraction of sp³-hybridized carbons (Fsp3) is 0.214. The minimum Gasteiger partial charge on any atom is -0.321 e. The Morgan fingerprint density at radius 1 is 1.27 bits per heavy atom. The zero-order valence-electron chi connectivity index (χ0n) is 12.0. The van der Waals surface area contributed by atoms with E-state index in [-0.39, 0.29) is 16.1 Å². The van der Waals surface area contributed by atoms with Crippen molar-refractivity contribution in [2.45, 2.75) is 18.2 Å². The molecule has 8 heteroatoms. The molecule has 116 valence electrons. The fourth-order valence-electron chi connectivity index (χ4n) is 1.76. The van der Waals surface area contributed by atoms with Crippen molar-refractivity contribution in [3.8, 4) is 0 Å². The second-order valence-corrected chi connectivity index (χ2v) is 6.59. The lowest BCUT2D eigenvalue weighted by molar-refractivity contribution is 0.102. The number of benzene rings is 1. The molecule has 0 bridgehead atoms. The monoisotopic (exact) mass is 323 g/mol. The molecule has 6 nitrogen and oxygen atoms in total. The van der Waals surface area contributed by atoms with Gasteiger partial charge in [-0.3, -0.25) is 4.79 Å². The summed E-state index contributed by atoms with van der Waals surface area (Å²) in [6.07, 6.45) is 4.28. The Morgan fingerprint density at radius 3 is 2.45 bits per heavy atom. The third kappa shape index (κ3) is 3.64. The molecule has 1 aromatic carbocycles. The van der Waals surface area contributed by atoms with Gasteiger partial charge in [-0.25, -0.2) is 22.8 Å². The van der Waals surface area contributed by atoms with Crippen LogP contribution in [0.1, 0.15) is 23.1 Å². The van der Waals surface area contributed by atoms with Crippen LogP contribution in [0.2, 0.25) is 0 Å². The number of hydrogen-bond donors (Lipinski definition) is 1. The van der Waals surface area contributed by atoms with E-state index in [9.17, 15) is 17.6 Å². The smallest absolute Gasteiger partial charge is 0.258 e. The highest BCUT2D eigenvalue weighted by atomic mass is 32.2. The van der Waals surface area contributed by atoms with E-state index in [0.29, 0.717) is 12.2 Å². The third-order valence-corrected chi connectivity index (χ3v) is 4.01. The highest BCUT2D eigenvalue weighted by Crippen LogP contribution is 2.22. The molecule has 1 N–H and O–H groups in total. The number of amides is 1. The molecule has 0 aliphatic heterocycles. The summed E-state index contributed by atoms with van der Waals surface area (Å²) in [4.78, 5) is 19.8. The van der Waals surface area contributed by atoms with E-state index in [1.54, 1.807) is 0 Å². The number of carbonyl (C=O) groups is 1. The average Bonchev–Trinajstić information content (AvgIpc) is 2.48. The van der Waals surface area contributed by atoms with Crippen molar-refractivity contribution in [3.05, 3.63) is 47.8 Å². The summed E-state index contributed by atoms with van der Waals surface area (Å²) in [6, 6.07) is 3.13. The van der Waals surface area contributed by atoms with Crippen molar-refractivity contribution in [3.63, 3.8) is 0 Å². The van der Waals surface area contributed by atoms with Crippen molar-refractivity contribution in [1.29, 1.82) is 0 Å². The van der Waals surface area contributed by atoms with Crippen molar-refractivity contribution in [2.75, 3.05) is 11.6 Å². The molecule has 0 aliphatic carbocycles. The molecular weight excluding hydrogens is 309 g/mol. The molecule has 2 aromatic rings. The lowest BCUT2D eigenvalue weighted by atomic mass is 10.2. The summed E-state index contributed by atoms with van der Waals surface area (Å²) < 4.78 is 36.6. The van der Waals surface area contributed by atoms with Gasteiger partial charge in [-0.1, -0.05) is 6.92 Å². The summed E-state index contributed by atoms with van der Waals surface area (Å²) in [5.74, 6) is -0.677. The van der Waals surface area contributed by atoms with Gasteiger partial charge in [0.1, 0.15) is 11.6 Å². The quantitative estimate of drug-likeness (QED) is 0.927. The number of halogens is 1. The van der Waals surface area contributed by atoms with Gasteiger partial charge in [-0.2, -0.15) is 0 Å². The normalized spacial score (nSPS) is 11.2.